The van der Waals surface area contributed by atoms with E-state index in [2.05, 4.69) is 45.3 Å². The molecule has 0 bridgehead atoms. The molecule has 0 fully saturated rings. The van der Waals surface area contributed by atoms with Gasteiger partial charge in [-0.05, 0) is 64.8 Å². The molecule has 3 rings (SSSR count). The molecule has 0 aromatic heterocycles. The average Bonchev–Trinajstić information content (AvgIpc) is 2.47. The Bertz CT molecular complexity index is 684. The van der Waals surface area contributed by atoms with E-state index < -0.39 is 0 Å². The Morgan fingerprint density at radius 3 is 2.81 bits per heavy atom. The molecule has 1 heterocycles. The highest BCUT2D eigenvalue weighted by Gasteiger charge is 2.15. The number of anilines is 1. The first-order chi connectivity index (χ1) is 10.1. The number of hydrogen-bond acceptors (Lipinski definition) is 2. The zero-order valence-electron chi connectivity index (χ0n) is 11.9. The van der Waals surface area contributed by atoms with E-state index in [1.807, 2.05) is 30.3 Å². The van der Waals surface area contributed by atoms with Gasteiger partial charge in [-0.25, -0.2) is 0 Å². The predicted molar refractivity (Wildman–Crippen MR) is 88.6 cm³/mol. The maximum absolute atomic E-state index is 12.3. The summed E-state index contributed by atoms with van der Waals surface area (Å²) in [6, 6.07) is 13.6. The topological polar surface area (TPSA) is 32.3 Å². The predicted octanol–water partition coefficient (Wildman–Crippen LogP) is 3.69. The van der Waals surface area contributed by atoms with Crippen molar-refractivity contribution in [2.24, 2.45) is 0 Å². The van der Waals surface area contributed by atoms with Gasteiger partial charge >= 0.3 is 0 Å². The Morgan fingerprint density at radius 1 is 1.19 bits per heavy atom. The van der Waals surface area contributed by atoms with E-state index in [4.69, 9.17) is 0 Å². The van der Waals surface area contributed by atoms with E-state index in [0.29, 0.717) is 5.56 Å². The monoisotopic (exact) mass is 344 g/mol. The highest BCUT2D eigenvalue weighted by Crippen LogP contribution is 2.23. The molecule has 21 heavy (non-hydrogen) atoms. The number of nitrogens with zero attached hydrogens (tertiary/aromatic N) is 1. The second kappa shape index (κ2) is 6.00. The summed E-state index contributed by atoms with van der Waals surface area (Å²) in [6.45, 7) is 2.03. The number of nitrogens with one attached hydrogen (secondary N) is 1. The Kier molecular flexibility index (Phi) is 4.08. The van der Waals surface area contributed by atoms with Gasteiger partial charge in [0.25, 0.3) is 5.91 Å². The molecule has 1 aliphatic heterocycles. The van der Waals surface area contributed by atoms with E-state index in [1.54, 1.807) is 0 Å². The van der Waals surface area contributed by atoms with Crippen molar-refractivity contribution in [2.45, 2.75) is 13.0 Å². The molecule has 1 N–H and O–H groups in total. The molecule has 0 atom stereocenters. The molecule has 108 valence electrons. The molecule has 0 aliphatic carbocycles. The van der Waals surface area contributed by atoms with E-state index in [1.165, 1.54) is 11.1 Å². The van der Waals surface area contributed by atoms with Crippen LogP contribution in [0.15, 0.2) is 46.9 Å². The molecule has 2 aromatic rings. The first-order valence-corrected chi connectivity index (χ1v) is 7.79. The lowest BCUT2D eigenvalue weighted by Crippen LogP contribution is -2.26. The van der Waals surface area contributed by atoms with E-state index >= 15 is 0 Å². The van der Waals surface area contributed by atoms with Gasteiger partial charge in [0, 0.05) is 23.2 Å². The van der Waals surface area contributed by atoms with Crippen molar-refractivity contribution in [3.63, 3.8) is 0 Å². The van der Waals surface area contributed by atoms with Gasteiger partial charge in [0.15, 0.2) is 0 Å². The summed E-state index contributed by atoms with van der Waals surface area (Å²) in [5.41, 5.74) is 4.18. The zero-order valence-corrected chi connectivity index (χ0v) is 13.5. The first kappa shape index (κ1) is 14.3. The van der Waals surface area contributed by atoms with Crippen molar-refractivity contribution in [3.8, 4) is 0 Å². The normalized spacial score (nSPS) is 14.6. The Morgan fingerprint density at radius 2 is 2.00 bits per heavy atom. The highest BCUT2D eigenvalue weighted by atomic mass is 79.9. The Balaban J connectivity index is 1.81. The second-order valence-corrected chi connectivity index (χ2v) is 6.26. The SMILES string of the molecule is CN1CCc2ccc(NC(=O)c3ccccc3Br)cc2C1. The number of rotatable bonds is 2. The van der Waals surface area contributed by atoms with E-state index in [-0.39, 0.29) is 5.91 Å². The molecule has 1 amide bonds. The number of fused-ring (bicyclic) bond motifs is 1. The summed E-state index contributed by atoms with van der Waals surface area (Å²) >= 11 is 3.41. The summed E-state index contributed by atoms with van der Waals surface area (Å²) in [5, 5.41) is 2.98. The summed E-state index contributed by atoms with van der Waals surface area (Å²) in [6.07, 6.45) is 1.07. The largest absolute Gasteiger partial charge is 0.322 e. The van der Waals surface area contributed by atoms with Crippen molar-refractivity contribution >= 4 is 27.5 Å². The smallest absolute Gasteiger partial charge is 0.256 e. The van der Waals surface area contributed by atoms with Gasteiger partial charge in [0.2, 0.25) is 0 Å². The third-order valence-electron chi connectivity index (χ3n) is 3.79. The Labute approximate surface area is 133 Å². The number of benzene rings is 2. The van der Waals surface area contributed by atoms with Crippen molar-refractivity contribution < 1.29 is 4.79 Å². The maximum Gasteiger partial charge on any atom is 0.256 e. The standard InChI is InChI=1S/C17H17BrN2O/c1-20-9-8-12-6-7-14(10-13(12)11-20)19-17(21)15-4-2-3-5-16(15)18/h2-7,10H,8-9,11H2,1H3,(H,19,21). The molecule has 0 saturated carbocycles. The van der Waals surface area contributed by atoms with Crippen LogP contribution < -0.4 is 5.32 Å². The summed E-state index contributed by atoms with van der Waals surface area (Å²) in [7, 11) is 2.12. The van der Waals surface area contributed by atoms with Crippen LogP contribution in [0.4, 0.5) is 5.69 Å². The van der Waals surface area contributed by atoms with Crippen molar-refractivity contribution in [1.82, 2.24) is 4.90 Å². The van der Waals surface area contributed by atoms with Gasteiger partial charge in [-0.2, -0.15) is 0 Å². The number of amides is 1. The molecule has 0 unspecified atom stereocenters. The summed E-state index contributed by atoms with van der Waals surface area (Å²) < 4.78 is 0.806. The molecule has 0 saturated heterocycles. The van der Waals surface area contributed by atoms with Gasteiger partial charge in [-0.1, -0.05) is 18.2 Å². The first-order valence-electron chi connectivity index (χ1n) is 7.00. The summed E-state index contributed by atoms with van der Waals surface area (Å²) in [4.78, 5) is 14.6. The minimum absolute atomic E-state index is 0.0911. The molecule has 0 spiro atoms. The highest BCUT2D eigenvalue weighted by molar-refractivity contribution is 9.10. The minimum atomic E-state index is -0.0911. The maximum atomic E-state index is 12.3. The van der Waals surface area contributed by atoms with Gasteiger partial charge in [0.1, 0.15) is 0 Å². The fourth-order valence-electron chi connectivity index (χ4n) is 2.62. The van der Waals surface area contributed by atoms with Gasteiger partial charge in [-0.3, -0.25) is 4.79 Å². The molecular weight excluding hydrogens is 328 g/mol. The van der Waals surface area contributed by atoms with E-state index in [0.717, 1.165) is 29.7 Å². The lowest BCUT2D eigenvalue weighted by atomic mass is 9.99. The quantitative estimate of drug-likeness (QED) is 0.900. The molecule has 0 radical (unpaired) electrons. The van der Waals surface area contributed by atoms with Crippen LogP contribution in [-0.2, 0) is 13.0 Å². The van der Waals surface area contributed by atoms with Crippen LogP contribution in [0.3, 0.4) is 0 Å². The lowest BCUT2D eigenvalue weighted by Gasteiger charge is -2.25. The van der Waals surface area contributed by atoms with E-state index in [9.17, 15) is 4.79 Å². The fraction of sp³-hybridized carbons (Fsp3) is 0.235. The number of likely N-dealkylation sites (N-methyl/N-ethyl adjacent to an activating group) is 1. The third kappa shape index (κ3) is 3.17. The van der Waals surface area contributed by atoms with Crippen LogP contribution in [-0.4, -0.2) is 24.4 Å². The summed E-state index contributed by atoms with van der Waals surface area (Å²) in [5.74, 6) is -0.0911. The van der Waals surface area contributed by atoms with Crippen LogP contribution in [0.2, 0.25) is 0 Å². The molecular formula is C17H17BrN2O. The fourth-order valence-corrected chi connectivity index (χ4v) is 3.08. The number of hydrogen-bond donors (Lipinski definition) is 1. The van der Waals surface area contributed by atoms with Gasteiger partial charge in [0.05, 0.1) is 5.56 Å². The molecule has 4 heteroatoms. The molecule has 3 nitrogen and oxygen atoms in total. The van der Waals surface area contributed by atoms with Crippen LogP contribution in [0.5, 0.6) is 0 Å². The molecule has 1 aliphatic rings. The molecule has 2 aromatic carbocycles. The Hall–Kier alpha value is -1.65. The van der Waals surface area contributed by atoms with Gasteiger partial charge in [-0.15, -0.1) is 0 Å². The van der Waals surface area contributed by atoms with Crippen LogP contribution >= 0.6 is 15.9 Å². The van der Waals surface area contributed by atoms with Gasteiger partial charge < -0.3 is 10.2 Å². The number of halogens is 1. The van der Waals surface area contributed by atoms with Crippen LogP contribution in [0.25, 0.3) is 0 Å². The van der Waals surface area contributed by atoms with Crippen molar-refractivity contribution in [2.75, 3.05) is 18.9 Å². The average molecular weight is 345 g/mol. The van der Waals surface area contributed by atoms with Crippen LogP contribution in [0, 0.1) is 0 Å². The zero-order chi connectivity index (χ0) is 14.8. The second-order valence-electron chi connectivity index (χ2n) is 5.41. The number of carbonyl (C=O) groups excluding carboxylic acids is 1. The van der Waals surface area contributed by atoms with Crippen molar-refractivity contribution in [1.29, 1.82) is 0 Å². The number of carbonyl (C=O) groups is 1. The van der Waals surface area contributed by atoms with Crippen molar-refractivity contribution in [3.05, 3.63) is 63.6 Å². The van der Waals surface area contributed by atoms with Crippen LogP contribution in [0.1, 0.15) is 21.5 Å². The third-order valence-corrected chi connectivity index (χ3v) is 4.48. The lowest BCUT2D eigenvalue weighted by molar-refractivity contribution is 0.102. The minimum Gasteiger partial charge on any atom is -0.322 e.